The van der Waals surface area contributed by atoms with Gasteiger partial charge in [0.25, 0.3) is 5.91 Å². The second-order valence-corrected chi connectivity index (χ2v) is 7.97. The van der Waals surface area contributed by atoms with Gasteiger partial charge in [0, 0.05) is 31.2 Å². The summed E-state index contributed by atoms with van der Waals surface area (Å²) >= 11 is 0. The van der Waals surface area contributed by atoms with E-state index in [1.54, 1.807) is 11.0 Å². The van der Waals surface area contributed by atoms with E-state index in [0.717, 1.165) is 6.54 Å². The maximum absolute atomic E-state index is 14.2. The fraction of sp³-hybridized carbons (Fsp3) is 0.611. The molecule has 0 saturated carbocycles. The molecular formula is C18H26BFN2O3. The molecule has 0 aromatic heterocycles. The number of carbonyl (C=O) groups excluding carboxylic acids is 1. The average molecular weight is 348 g/mol. The van der Waals surface area contributed by atoms with Crippen molar-refractivity contribution in [1.82, 2.24) is 10.2 Å². The molecule has 0 radical (unpaired) electrons. The number of hydrogen-bond acceptors (Lipinski definition) is 4. The molecular weight excluding hydrogens is 322 g/mol. The second kappa shape index (κ2) is 6.38. The largest absolute Gasteiger partial charge is 0.494 e. The van der Waals surface area contributed by atoms with Crippen molar-refractivity contribution in [3.05, 3.63) is 29.6 Å². The van der Waals surface area contributed by atoms with E-state index in [-0.39, 0.29) is 11.9 Å². The number of halogens is 1. The van der Waals surface area contributed by atoms with Gasteiger partial charge in [-0.25, -0.2) is 4.39 Å². The number of rotatable bonds is 2. The Morgan fingerprint density at radius 2 is 1.88 bits per heavy atom. The number of piperazine rings is 1. The highest BCUT2D eigenvalue weighted by atomic mass is 19.1. The van der Waals surface area contributed by atoms with Crippen molar-refractivity contribution in [2.45, 2.75) is 51.9 Å². The SMILES string of the molecule is C[C@H]1CN(C(=O)c2cc(F)cc(B3OC(C)(C)C(C)(C)O3)c2)CCN1. The Kier molecular flexibility index (Phi) is 4.68. The predicted octanol–water partition coefficient (Wildman–Crippen LogP) is 1.56. The highest BCUT2D eigenvalue weighted by Gasteiger charge is 2.51. The van der Waals surface area contributed by atoms with Gasteiger partial charge >= 0.3 is 7.12 Å². The lowest BCUT2D eigenvalue weighted by molar-refractivity contribution is 0.00578. The molecule has 1 amide bonds. The summed E-state index contributed by atoms with van der Waals surface area (Å²) in [6, 6.07) is 4.57. The lowest BCUT2D eigenvalue weighted by Gasteiger charge is -2.32. The van der Waals surface area contributed by atoms with Gasteiger partial charge in [0.1, 0.15) is 5.82 Å². The van der Waals surface area contributed by atoms with E-state index in [1.165, 1.54) is 12.1 Å². The van der Waals surface area contributed by atoms with Crippen LogP contribution >= 0.6 is 0 Å². The summed E-state index contributed by atoms with van der Waals surface area (Å²) in [4.78, 5) is 14.5. The van der Waals surface area contributed by atoms with E-state index in [2.05, 4.69) is 5.32 Å². The molecule has 2 saturated heterocycles. The summed E-state index contributed by atoms with van der Waals surface area (Å²) in [5.41, 5.74) is -0.159. The number of hydrogen-bond donors (Lipinski definition) is 1. The number of nitrogens with one attached hydrogen (secondary N) is 1. The lowest BCUT2D eigenvalue weighted by Crippen LogP contribution is -2.51. The van der Waals surface area contributed by atoms with Crippen LogP contribution < -0.4 is 10.8 Å². The van der Waals surface area contributed by atoms with Crippen molar-refractivity contribution in [2.24, 2.45) is 0 Å². The molecule has 1 aromatic rings. The first-order valence-corrected chi connectivity index (χ1v) is 8.78. The van der Waals surface area contributed by atoms with Crippen molar-refractivity contribution in [2.75, 3.05) is 19.6 Å². The van der Waals surface area contributed by atoms with Crippen LogP contribution in [-0.4, -0.2) is 54.8 Å². The topological polar surface area (TPSA) is 50.8 Å². The summed E-state index contributed by atoms with van der Waals surface area (Å²) < 4.78 is 26.1. The van der Waals surface area contributed by atoms with Crippen LogP contribution in [0.25, 0.3) is 0 Å². The van der Waals surface area contributed by atoms with Crippen molar-refractivity contribution >= 4 is 18.5 Å². The molecule has 0 bridgehead atoms. The Morgan fingerprint density at radius 1 is 1.24 bits per heavy atom. The molecule has 1 N–H and O–H groups in total. The van der Waals surface area contributed by atoms with Crippen molar-refractivity contribution in [1.29, 1.82) is 0 Å². The molecule has 2 aliphatic rings. The molecule has 0 aliphatic carbocycles. The average Bonchev–Trinajstić information content (AvgIpc) is 2.74. The van der Waals surface area contributed by atoms with E-state index in [4.69, 9.17) is 9.31 Å². The zero-order valence-electron chi connectivity index (χ0n) is 15.6. The van der Waals surface area contributed by atoms with Gasteiger partial charge in [-0.2, -0.15) is 0 Å². The molecule has 7 heteroatoms. The van der Waals surface area contributed by atoms with Crippen LogP contribution in [0.15, 0.2) is 18.2 Å². The number of benzene rings is 1. The normalized spacial score (nSPS) is 25.3. The fourth-order valence-corrected chi connectivity index (χ4v) is 3.15. The molecule has 1 aromatic carbocycles. The van der Waals surface area contributed by atoms with E-state index < -0.39 is 24.1 Å². The van der Waals surface area contributed by atoms with Crippen molar-refractivity contribution in [3.63, 3.8) is 0 Å². The molecule has 0 spiro atoms. The number of nitrogens with zero attached hydrogens (tertiary/aromatic N) is 1. The maximum Gasteiger partial charge on any atom is 0.494 e. The second-order valence-electron chi connectivity index (χ2n) is 7.97. The molecule has 2 fully saturated rings. The summed E-state index contributed by atoms with van der Waals surface area (Å²) in [7, 11) is -0.686. The summed E-state index contributed by atoms with van der Waals surface area (Å²) in [6.07, 6.45) is 0. The summed E-state index contributed by atoms with van der Waals surface area (Å²) in [5, 5.41) is 3.30. The Morgan fingerprint density at radius 3 is 2.48 bits per heavy atom. The van der Waals surface area contributed by atoms with Gasteiger partial charge in [-0.1, -0.05) is 0 Å². The molecule has 2 aliphatic heterocycles. The van der Waals surface area contributed by atoms with Crippen molar-refractivity contribution < 1.29 is 18.5 Å². The Balaban J connectivity index is 1.85. The first-order valence-electron chi connectivity index (χ1n) is 8.78. The minimum atomic E-state index is -0.686. The molecule has 2 heterocycles. The van der Waals surface area contributed by atoms with E-state index >= 15 is 0 Å². The van der Waals surface area contributed by atoms with Gasteiger partial charge in [-0.15, -0.1) is 0 Å². The lowest BCUT2D eigenvalue weighted by atomic mass is 9.78. The highest BCUT2D eigenvalue weighted by Crippen LogP contribution is 2.36. The fourth-order valence-electron chi connectivity index (χ4n) is 3.15. The summed E-state index contributed by atoms with van der Waals surface area (Å²) in [5.74, 6) is -0.621. The minimum Gasteiger partial charge on any atom is -0.399 e. The Hall–Kier alpha value is -1.44. The van der Waals surface area contributed by atoms with Crippen LogP contribution in [0.5, 0.6) is 0 Å². The standard InChI is InChI=1S/C18H26BFN2O3/c1-12-11-22(7-6-21-12)16(23)13-8-14(10-15(20)9-13)19-24-17(2,3)18(4,5)25-19/h8-10,12,21H,6-7,11H2,1-5H3/t12-/m0/s1. The molecule has 0 unspecified atom stereocenters. The number of amides is 1. The molecule has 5 nitrogen and oxygen atoms in total. The predicted molar refractivity (Wildman–Crippen MR) is 95.5 cm³/mol. The quantitative estimate of drug-likeness (QED) is 0.825. The molecule has 25 heavy (non-hydrogen) atoms. The van der Waals surface area contributed by atoms with Crippen LogP contribution in [-0.2, 0) is 9.31 Å². The number of carbonyl (C=O) groups is 1. The van der Waals surface area contributed by atoms with Gasteiger partial charge in [0.15, 0.2) is 0 Å². The molecule has 1 atom stereocenters. The van der Waals surface area contributed by atoms with Gasteiger partial charge in [-0.05, 0) is 58.3 Å². The van der Waals surface area contributed by atoms with Crippen LogP contribution in [0.2, 0.25) is 0 Å². The van der Waals surface area contributed by atoms with E-state index in [9.17, 15) is 9.18 Å². The van der Waals surface area contributed by atoms with Gasteiger partial charge < -0.3 is 19.5 Å². The van der Waals surface area contributed by atoms with Crippen molar-refractivity contribution in [3.8, 4) is 0 Å². The first-order chi connectivity index (χ1) is 11.6. The highest BCUT2D eigenvalue weighted by molar-refractivity contribution is 6.62. The van der Waals surface area contributed by atoms with Gasteiger partial charge in [0.2, 0.25) is 0 Å². The van der Waals surface area contributed by atoms with E-state index in [1.807, 2.05) is 34.6 Å². The third-order valence-electron chi connectivity index (χ3n) is 5.35. The van der Waals surface area contributed by atoms with Crippen LogP contribution in [0, 0.1) is 5.82 Å². The van der Waals surface area contributed by atoms with Crippen LogP contribution in [0.3, 0.4) is 0 Å². The van der Waals surface area contributed by atoms with Gasteiger partial charge in [0.05, 0.1) is 11.2 Å². The Labute approximate surface area is 149 Å². The molecule has 136 valence electrons. The monoisotopic (exact) mass is 348 g/mol. The zero-order valence-corrected chi connectivity index (χ0v) is 15.6. The van der Waals surface area contributed by atoms with Crippen LogP contribution in [0.1, 0.15) is 45.0 Å². The third-order valence-corrected chi connectivity index (χ3v) is 5.35. The van der Waals surface area contributed by atoms with Crippen LogP contribution in [0.4, 0.5) is 4.39 Å². The van der Waals surface area contributed by atoms with E-state index in [0.29, 0.717) is 24.1 Å². The first kappa shape index (κ1) is 18.4. The van der Waals surface area contributed by atoms with Gasteiger partial charge in [-0.3, -0.25) is 4.79 Å². The minimum absolute atomic E-state index is 0.161. The smallest absolute Gasteiger partial charge is 0.399 e. The Bertz CT molecular complexity index is 664. The summed E-state index contributed by atoms with van der Waals surface area (Å²) in [6.45, 7) is 11.8. The zero-order chi connectivity index (χ0) is 18.4. The maximum atomic E-state index is 14.2. The molecule has 3 rings (SSSR count). The third kappa shape index (κ3) is 3.59.